The molecule has 26 heavy (non-hydrogen) atoms. The van der Waals surface area contributed by atoms with Crippen molar-refractivity contribution in [2.45, 2.75) is 6.04 Å². The molecule has 1 unspecified atom stereocenters. The van der Waals surface area contributed by atoms with Gasteiger partial charge in [0.25, 0.3) is 0 Å². The summed E-state index contributed by atoms with van der Waals surface area (Å²) >= 11 is 1.27. The monoisotopic (exact) mass is 372 g/mol. The Bertz CT molecular complexity index is 778. The maximum atomic E-state index is 12.1. The van der Waals surface area contributed by atoms with Crippen molar-refractivity contribution >= 4 is 28.9 Å². The molecule has 2 heterocycles. The average Bonchev–Trinajstić information content (AvgIpc) is 3.14. The lowest BCUT2D eigenvalue weighted by Crippen LogP contribution is -2.36. The fraction of sp³-hybridized carbons (Fsp3) is 0.333. The molecule has 1 saturated heterocycles. The van der Waals surface area contributed by atoms with Crippen LogP contribution in [-0.2, 0) is 4.74 Å². The maximum Gasteiger partial charge on any atom is 0.320 e. The predicted molar refractivity (Wildman–Crippen MR) is 102 cm³/mol. The first-order valence-corrected chi connectivity index (χ1v) is 9.10. The molecular weight excluding hydrogens is 352 g/mol. The van der Waals surface area contributed by atoms with Gasteiger partial charge in [-0.15, -0.1) is 17.8 Å². The topological polar surface area (TPSA) is 86.7 Å². The fourth-order valence-corrected chi connectivity index (χ4v) is 3.24. The number of nitrogens with one attached hydrogen (secondary N) is 2. The van der Waals surface area contributed by atoms with Crippen LogP contribution in [0.1, 0.15) is 16.6 Å². The number of ether oxygens (including phenoxy) is 1. The molecule has 0 spiro atoms. The van der Waals surface area contributed by atoms with Crippen LogP contribution >= 0.6 is 11.3 Å². The molecule has 1 aromatic carbocycles. The summed E-state index contributed by atoms with van der Waals surface area (Å²) in [5.41, 5.74) is 1.92. The number of carbonyl (C=O) groups is 1. The molecule has 1 aromatic heterocycles. The Morgan fingerprint density at radius 2 is 2.12 bits per heavy atom. The van der Waals surface area contributed by atoms with E-state index >= 15 is 0 Å². The summed E-state index contributed by atoms with van der Waals surface area (Å²) in [4.78, 5) is 18.4. The zero-order chi connectivity index (χ0) is 18.4. The van der Waals surface area contributed by atoms with Crippen molar-refractivity contribution < 1.29 is 14.6 Å². The van der Waals surface area contributed by atoms with Crippen molar-refractivity contribution in [1.82, 2.24) is 10.3 Å². The van der Waals surface area contributed by atoms with Gasteiger partial charge >= 0.3 is 6.03 Å². The molecule has 2 aromatic rings. The van der Waals surface area contributed by atoms with Crippen LogP contribution in [0.5, 0.6) is 0 Å². The normalized spacial score (nSPS) is 15.2. The zero-order valence-corrected chi connectivity index (χ0v) is 15.0. The number of hydrogen-bond acceptors (Lipinski definition) is 6. The molecule has 3 rings (SSSR count). The molecule has 1 aliphatic heterocycles. The number of thiazole rings is 1. The second-order valence-corrected chi connectivity index (χ2v) is 6.56. The average molecular weight is 372 g/mol. The molecule has 8 heteroatoms. The van der Waals surface area contributed by atoms with E-state index in [2.05, 4.69) is 26.4 Å². The molecule has 0 saturated carbocycles. The number of aliphatic hydroxyl groups is 1. The summed E-state index contributed by atoms with van der Waals surface area (Å²) < 4.78 is 5.36. The number of hydrogen-bond donors (Lipinski definition) is 3. The lowest BCUT2D eigenvalue weighted by molar-refractivity contribution is 0.122. The summed E-state index contributed by atoms with van der Waals surface area (Å²) in [5.74, 6) is 2.80. The van der Waals surface area contributed by atoms with Crippen molar-refractivity contribution in [1.29, 1.82) is 0 Å². The van der Waals surface area contributed by atoms with Crippen molar-refractivity contribution in [3.8, 4) is 12.3 Å². The summed E-state index contributed by atoms with van der Waals surface area (Å²) in [6.07, 6.45) is 5.26. The molecule has 7 nitrogen and oxygen atoms in total. The molecule has 1 atom stereocenters. The summed E-state index contributed by atoms with van der Waals surface area (Å²) in [6.45, 7) is 2.95. The Labute approximate surface area is 156 Å². The van der Waals surface area contributed by atoms with E-state index in [0.717, 1.165) is 37.6 Å². The SMILES string of the molecule is C#Cc1nc(NC(=O)NC(CO)c2ccc(N3CCOCC3)cc2)cs1. The molecule has 1 fully saturated rings. The number of amides is 2. The Kier molecular flexibility index (Phi) is 6.07. The molecule has 3 N–H and O–H groups in total. The molecule has 0 aliphatic carbocycles. The second kappa shape index (κ2) is 8.67. The Hall–Kier alpha value is -2.60. The first-order chi connectivity index (χ1) is 12.7. The molecule has 1 aliphatic rings. The van der Waals surface area contributed by atoms with E-state index < -0.39 is 12.1 Å². The number of benzene rings is 1. The number of rotatable bonds is 5. The van der Waals surface area contributed by atoms with Crippen LogP contribution in [0.25, 0.3) is 0 Å². The number of morpholine rings is 1. The minimum absolute atomic E-state index is 0.211. The fourth-order valence-electron chi connectivity index (χ4n) is 2.68. The Balaban J connectivity index is 1.60. The van der Waals surface area contributed by atoms with E-state index in [1.54, 1.807) is 5.38 Å². The van der Waals surface area contributed by atoms with Gasteiger partial charge in [0.05, 0.1) is 25.9 Å². The number of aliphatic hydroxyl groups excluding tert-OH is 1. The summed E-state index contributed by atoms with van der Waals surface area (Å²) in [5, 5.41) is 17.2. The number of nitrogens with zero attached hydrogens (tertiary/aromatic N) is 2. The van der Waals surface area contributed by atoms with Gasteiger partial charge in [-0.3, -0.25) is 5.32 Å². The molecular formula is C18H20N4O3S. The first-order valence-electron chi connectivity index (χ1n) is 8.23. The van der Waals surface area contributed by atoms with E-state index in [0.29, 0.717) is 10.8 Å². The van der Waals surface area contributed by atoms with Gasteiger partial charge in [0.2, 0.25) is 0 Å². The lowest BCUT2D eigenvalue weighted by Gasteiger charge is -2.29. The zero-order valence-electron chi connectivity index (χ0n) is 14.1. The number of terminal acetylenes is 1. The van der Waals surface area contributed by atoms with E-state index in [1.165, 1.54) is 11.3 Å². The van der Waals surface area contributed by atoms with Gasteiger partial charge in [0.1, 0.15) is 5.82 Å². The molecule has 136 valence electrons. The highest BCUT2D eigenvalue weighted by Crippen LogP contribution is 2.20. The lowest BCUT2D eigenvalue weighted by atomic mass is 10.1. The number of anilines is 2. The standard InChI is InChI=1S/C18H20N4O3S/c1-2-17-20-16(12-26-17)21-18(24)19-15(11-23)13-3-5-14(6-4-13)22-7-9-25-10-8-22/h1,3-6,12,15,23H,7-11H2,(H2,19,21,24). The van der Waals surface area contributed by atoms with Gasteiger partial charge in [-0.05, 0) is 23.6 Å². The van der Waals surface area contributed by atoms with Gasteiger partial charge in [-0.2, -0.15) is 0 Å². The van der Waals surface area contributed by atoms with Gasteiger partial charge in [0, 0.05) is 24.2 Å². The van der Waals surface area contributed by atoms with Gasteiger partial charge < -0.3 is 20.1 Å². The van der Waals surface area contributed by atoms with Crippen molar-refractivity contribution in [3.63, 3.8) is 0 Å². The van der Waals surface area contributed by atoms with Gasteiger partial charge in [-0.1, -0.05) is 12.1 Å². The predicted octanol–water partition coefficient (Wildman–Crippen LogP) is 1.82. The van der Waals surface area contributed by atoms with Gasteiger partial charge in [0.15, 0.2) is 5.01 Å². The van der Waals surface area contributed by atoms with Crippen LogP contribution in [0.2, 0.25) is 0 Å². The summed E-state index contributed by atoms with van der Waals surface area (Å²) in [7, 11) is 0. The van der Waals surface area contributed by atoms with Crippen LogP contribution in [0.4, 0.5) is 16.3 Å². The minimum atomic E-state index is -0.514. The Morgan fingerprint density at radius 1 is 1.38 bits per heavy atom. The number of aromatic nitrogens is 1. The molecule has 0 bridgehead atoms. The maximum absolute atomic E-state index is 12.1. The number of urea groups is 1. The number of carbonyl (C=O) groups excluding carboxylic acids is 1. The van der Waals surface area contributed by atoms with E-state index in [4.69, 9.17) is 11.2 Å². The van der Waals surface area contributed by atoms with E-state index in [-0.39, 0.29) is 6.61 Å². The highest BCUT2D eigenvalue weighted by atomic mass is 32.1. The van der Waals surface area contributed by atoms with E-state index in [1.807, 2.05) is 24.3 Å². The second-order valence-electron chi connectivity index (χ2n) is 5.71. The summed E-state index contributed by atoms with van der Waals surface area (Å²) in [6, 6.07) is 6.83. The highest BCUT2D eigenvalue weighted by molar-refractivity contribution is 7.10. The largest absolute Gasteiger partial charge is 0.394 e. The molecule has 2 amide bonds. The molecule has 0 radical (unpaired) electrons. The third-order valence-electron chi connectivity index (χ3n) is 4.03. The third-order valence-corrected chi connectivity index (χ3v) is 4.80. The van der Waals surface area contributed by atoms with Crippen LogP contribution in [0, 0.1) is 12.3 Å². The van der Waals surface area contributed by atoms with Crippen LogP contribution < -0.4 is 15.5 Å². The van der Waals surface area contributed by atoms with Crippen LogP contribution in [0.3, 0.4) is 0 Å². The van der Waals surface area contributed by atoms with Gasteiger partial charge in [-0.25, -0.2) is 9.78 Å². The smallest absolute Gasteiger partial charge is 0.320 e. The Morgan fingerprint density at radius 3 is 2.73 bits per heavy atom. The quantitative estimate of drug-likeness (QED) is 0.697. The van der Waals surface area contributed by atoms with Crippen molar-refractivity contribution in [2.24, 2.45) is 0 Å². The van der Waals surface area contributed by atoms with Crippen LogP contribution in [0.15, 0.2) is 29.6 Å². The minimum Gasteiger partial charge on any atom is -0.394 e. The first kappa shape index (κ1) is 18.2. The van der Waals surface area contributed by atoms with Crippen molar-refractivity contribution in [2.75, 3.05) is 43.1 Å². The van der Waals surface area contributed by atoms with Crippen molar-refractivity contribution in [3.05, 3.63) is 40.2 Å². The highest BCUT2D eigenvalue weighted by Gasteiger charge is 2.16. The van der Waals surface area contributed by atoms with E-state index in [9.17, 15) is 9.90 Å². The third kappa shape index (κ3) is 4.52. The van der Waals surface area contributed by atoms with Crippen LogP contribution in [-0.4, -0.2) is 49.0 Å².